The molecule has 1 amide bonds. The lowest BCUT2D eigenvalue weighted by molar-refractivity contribution is 0.0962. The molecule has 3 aromatic rings. The molecular weight excluding hydrogens is 344 g/mol. The van der Waals surface area contributed by atoms with Crippen LogP contribution in [0.3, 0.4) is 0 Å². The summed E-state index contributed by atoms with van der Waals surface area (Å²) in [5.41, 5.74) is 11.9. The van der Waals surface area contributed by atoms with Crippen LogP contribution in [-0.2, 0) is 6.54 Å². The molecule has 0 saturated heterocycles. The molecule has 0 aliphatic heterocycles. The SMILES string of the molecule is Nc1c(NCc2ccco2)ncnc1NNC(=O)c1ccc(Cl)cc1. The number of nitrogens with two attached hydrogens (primary N) is 1. The number of nitrogens with one attached hydrogen (secondary N) is 3. The Morgan fingerprint density at radius 3 is 2.64 bits per heavy atom. The van der Waals surface area contributed by atoms with Gasteiger partial charge >= 0.3 is 0 Å². The molecule has 3 rings (SSSR count). The van der Waals surface area contributed by atoms with Crippen LogP contribution in [0.5, 0.6) is 0 Å². The van der Waals surface area contributed by atoms with Gasteiger partial charge in [-0.1, -0.05) is 11.6 Å². The van der Waals surface area contributed by atoms with Crippen LogP contribution in [0.4, 0.5) is 17.3 Å². The molecule has 0 unspecified atom stereocenters. The average molecular weight is 359 g/mol. The fourth-order valence-electron chi connectivity index (χ4n) is 2.01. The van der Waals surface area contributed by atoms with Gasteiger partial charge in [-0.15, -0.1) is 0 Å². The van der Waals surface area contributed by atoms with Crippen LogP contribution in [-0.4, -0.2) is 15.9 Å². The Kier molecular flexibility index (Phi) is 5.00. The number of halogens is 1. The molecule has 9 heteroatoms. The number of hydrogen-bond acceptors (Lipinski definition) is 7. The Balaban J connectivity index is 1.63. The molecule has 128 valence electrons. The maximum absolute atomic E-state index is 12.1. The topological polar surface area (TPSA) is 118 Å². The first-order valence-corrected chi connectivity index (χ1v) is 7.70. The van der Waals surface area contributed by atoms with Gasteiger partial charge in [-0.3, -0.25) is 15.6 Å². The first kappa shape index (κ1) is 16.6. The maximum atomic E-state index is 12.1. The predicted molar refractivity (Wildman–Crippen MR) is 95.0 cm³/mol. The second kappa shape index (κ2) is 7.54. The molecular formula is C16H15ClN6O2. The highest BCUT2D eigenvalue weighted by molar-refractivity contribution is 6.30. The number of anilines is 3. The van der Waals surface area contributed by atoms with Gasteiger partial charge in [0.2, 0.25) is 0 Å². The summed E-state index contributed by atoms with van der Waals surface area (Å²) >= 11 is 5.80. The number of carbonyl (C=O) groups is 1. The summed E-state index contributed by atoms with van der Waals surface area (Å²) in [6.07, 6.45) is 2.91. The molecule has 0 spiro atoms. The molecule has 0 radical (unpaired) electrons. The Labute approximate surface area is 148 Å². The van der Waals surface area contributed by atoms with Crippen molar-refractivity contribution < 1.29 is 9.21 Å². The molecule has 0 saturated carbocycles. The largest absolute Gasteiger partial charge is 0.467 e. The Bertz CT molecular complexity index is 852. The summed E-state index contributed by atoms with van der Waals surface area (Å²) in [5.74, 6) is 1.09. The van der Waals surface area contributed by atoms with Crippen LogP contribution in [0.15, 0.2) is 53.4 Å². The van der Waals surface area contributed by atoms with Gasteiger partial charge in [0, 0.05) is 10.6 Å². The zero-order chi connectivity index (χ0) is 17.6. The van der Waals surface area contributed by atoms with Gasteiger partial charge in [0.15, 0.2) is 11.6 Å². The summed E-state index contributed by atoms with van der Waals surface area (Å²) in [5, 5.41) is 3.60. The van der Waals surface area contributed by atoms with Crippen molar-refractivity contribution >= 4 is 34.8 Å². The van der Waals surface area contributed by atoms with Crippen molar-refractivity contribution in [2.24, 2.45) is 0 Å². The van der Waals surface area contributed by atoms with Crippen LogP contribution in [0.1, 0.15) is 16.1 Å². The number of hydrazine groups is 1. The number of nitrogen functional groups attached to an aromatic ring is 1. The minimum atomic E-state index is -0.347. The van der Waals surface area contributed by atoms with E-state index in [0.29, 0.717) is 22.9 Å². The summed E-state index contributed by atoms with van der Waals surface area (Å²) in [6, 6.07) is 10.1. The van der Waals surface area contributed by atoms with E-state index in [9.17, 15) is 4.79 Å². The van der Waals surface area contributed by atoms with Crippen molar-refractivity contribution in [3.63, 3.8) is 0 Å². The van der Waals surface area contributed by atoms with Gasteiger partial charge in [0.1, 0.15) is 17.8 Å². The van der Waals surface area contributed by atoms with Crippen molar-refractivity contribution in [2.75, 3.05) is 16.5 Å². The van der Waals surface area contributed by atoms with Gasteiger partial charge in [0.05, 0.1) is 12.8 Å². The van der Waals surface area contributed by atoms with Crippen molar-refractivity contribution in [3.05, 3.63) is 65.3 Å². The van der Waals surface area contributed by atoms with E-state index < -0.39 is 0 Å². The van der Waals surface area contributed by atoms with E-state index in [2.05, 4.69) is 26.1 Å². The number of carbonyl (C=O) groups excluding carboxylic acids is 1. The van der Waals surface area contributed by atoms with Gasteiger partial charge in [-0.05, 0) is 36.4 Å². The molecule has 25 heavy (non-hydrogen) atoms. The highest BCUT2D eigenvalue weighted by atomic mass is 35.5. The van der Waals surface area contributed by atoms with E-state index >= 15 is 0 Å². The smallest absolute Gasteiger partial charge is 0.269 e. The molecule has 2 heterocycles. The van der Waals surface area contributed by atoms with Gasteiger partial charge < -0.3 is 15.5 Å². The first-order valence-electron chi connectivity index (χ1n) is 7.32. The van der Waals surface area contributed by atoms with Crippen LogP contribution in [0.2, 0.25) is 5.02 Å². The number of aromatic nitrogens is 2. The summed E-state index contributed by atoms with van der Waals surface area (Å²) < 4.78 is 5.23. The van der Waals surface area contributed by atoms with Crippen LogP contribution < -0.4 is 21.9 Å². The second-order valence-electron chi connectivity index (χ2n) is 5.00. The number of nitrogens with zero attached hydrogens (tertiary/aromatic N) is 2. The standard InChI is InChI=1S/C16H15ClN6O2/c17-11-5-3-10(4-6-11)16(24)23-22-15-13(18)14(20-9-21-15)19-8-12-2-1-7-25-12/h1-7,9H,8,18H2,(H,23,24)(H2,19,20,21,22). The fourth-order valence-corrected chi connectivity index (χ4v) is 2.14. The third kappa shape index (κ3) is 4.18. The van der Waals surface area contributed by atoms with Crippen molar-refractivity contribution in [3.8, 4) is 0 Å². The number of benzene rings is 1. The number of furan rings is 1. The van der Waals surface area contributed by atoms with Gasteiger partial charge in [-0.2, -0.15) is 0 Å². The van der Waals surface area contributed by atoms with Crippen molar-refractivity contribution in [1.29, 1.82) is 0 Å². The minimum Gasteiger partial charge on any atom is -0.467 e. The Hall–Kier alpha value is -3.26. The molecule has 1 aromatic carbocycles. The third-order valence-corrected chi connectivity index (χ3v) is 3.55. The van der Waals surface area contributed by atoms with Crippen molar-refractivity contribution in [2.45, 2.75) is 6.54 Å². The molecule has 8 nitrogen and oxygen atoms in total. The summed E-state index contributed by atoms with van der Waals surface area (Å²) in [7, 11) is 0. The average Bonchev–Trinajstić information content (AvgIpc) is 3.14. The quantitative estimate of drug-likeness (QED) is 0.500. The molecule has 5 N–H and O–H groups in total. The maximum Gasteiger partial charge on any atom is 0.269 e. The second-order valence-corrected chi connectivity index (χ2v) is 5.44. The summed E-state index contributed by atoms with van der Waals surface area (Å²) in [4.78, 5) is 20.2. The van der Waals surface area contributed by atoms with E-state index in [0.717, 1.165) is 5.76 Å². The van der Waals surface area contributed by atoms with E-state index in [4.69, 9.17) is 21.8 Å². The normalized spacial score (nSPS) is 10.3. The lowest BCUT2D eigenvalue weighted by atomic mass is 10.2. The molecule has 0 fully saturated rings. The minimum absolute atomic E-state index is 0.269. The Morgan fingerprint density at radius 1 is 1.16 bits per heavy atom. The van der Waals surface area contributed by atoms with Crippen LogP contribution in [0, 0.1) is 0 Å². The first-order chi connectivity index (χ1) is 12.1. The zero-order valence-corrected chi connectivity index (χ0v) is 13.7. The number of hydrogen-bond donors (Lipinski definition) is 4. The monoisotopic (exact) mass is 358 g/mol. The molecule has 0 bridgehead atoms. The Morgan fingerprint density at radius 2 is 1.92 bits per heavy atom. The lowest BCUT2D eigenvalue weighted by Gasteiger charge is -2.12. The van der Waals surface area contributed by atoms with E-state index in [1.54, 1.807) is 36.6 Å². The molecule has 2 aromatic heterocycles. The zero-order valence-electron chi connectivity index (χ0n) is 13.0. The van der Waals surface area contributed by atoms with E-state index in [-0.39, 0.29) is 17.4 Å². The van der Waals surface area contributed by atoms with Gasteiger partial charge in [-0.25, -0.2) is 9.97 Å². The molecule has 0 aliphatic rings. The lowest BCUT2D eigenvalue weighted by Crippen LogP contribution is -2.30. The highest BCUT2D eigenvalue weighted by Crippen LogP contribution is 2.22. The third-order valence-electron chi connectivity index (χ3n) is 3.29. The van der Waals surface area contributed by atoms with Crippen molar-refractivity contribution in [1.82, 2.24) is 15.4 Å². The van der Waals surface area contributed by atoms with Crippen LogP contribution >= 0.6 is 11.6 Å². The number of amides is 1. The predicted octanol–water partition coefficient (Wildman–Crippen LogP) is 2.67. The highest BCUT2D eigenvalue weighted by Gasteiger charge is 2.10. The van der Waals surface area contributed by atoms with Gasteiger partial charge in [0.25, 0.3) is 5.91 Å². The van der Waals surface area contributed by atoms with E-state index in [1.165, 1.54) is 6.33 Å². The van der Waals surface area contributed by atoms with E-state index in [1.807, 2.05) is 6.07 Å². The van der Waals surface area contributed by atoms with Crippen LogP contribution in [0.25, 0.3) is 0 Å². The fraction of sp³-hybridized carbons (Fsp3) is 0.0625. The summed E-state index contributed by atoms with van der Waals surface area (Å²) in [6.45, 7) is 0.421. The molecule has 0 atom stereocenters. The number of rotatable bonds is 6. The molecule has 0 aliphatic carbocycles.